The van der Waals surface area contributed by atoms with Gasteiger partial charge in [-0.05, 0) is 0 Å². The van der Waals surface area contributed by atoms with Crippen LogP contribution in [-0.4, -0.2) is 18.6 Å². The molecule has 0 fully saturated rings. The van der Waals surface area contributed by atoms with Gasteiger partial charge in [0.1, 0.15) is 0 Å². The molecule has 0 aliphatic rings. The van der Waals surface area contributed by atoms with Gasteiger partial charge in [-0.2, -0.15) is 0 Å². The summed E-state index contributed by atoms with van der Waals surface area (Å²) in [6.45, 7) is 13.8. The van der Waals surface area contributed by atoms with Gasteiger partial charge >= 0.3 is 104 Å². The molecule has 0 aliphatic carbocycles. The Kier molecular flexibility index (Phi) is 3.47. The molecule has 0 unspecified atom stereocenters. The van der Waals surface area contributed by atoms with Crippen LogP contribution in [0.15, 0.2) is 18.2 Å². The van der Waals surface area contributed by atoms with Crippen molar-refractivity contribution in [2.75, 3.05) is 0 Å². The van der Waals surface area contributed by atoms with Crippen LogP contribution in [-0.2, 0) is 10.8 Å². The minimum atomic E-state index is 0.272. The molecule has 1 aromatic carbocycles. The molecule has 0 aromatic heterocycles. The van der Waals surface area contributed by atoms with Crippen molar-refractivity contribution in [3.8, 4) is 0 Å². The van der Waals surface area contributed by atoms with Crippen LogP contribution in [0.1, 0.15) is 52.7 Å². The van der Waals surface area contributed by atoms with E-state index in [1.54, 1.807) is 4.12 Å². The van der Waals surface area contributed by atoms with E-state index in [0.717, 1.165) is 18.6 Å². The fraction of sp³-hybridized carbons (Fsp3) is 0.571. The van der Waals surface area contributed by atoms with Crippen molar-refractivity contribution < 1.29 is 0 Å². The van der Waals surface area contributed by atoms with Crippen molar-refractivity contribution in [1.82, 2.24) is 0 Å². The first kappa shape index (κ1) is 12.9. The van der Waals surface area contributed by atoms with Crippen LogP contribution in [0.3, 0.4) is 0 Å². The second kappa shape index (κ2) is 4.02. The molecule has 0 saturated carbocycles. The summed E-state index contributed by atoms with van der Waals surface area (Å²) >= 11 is 0.772. The molecular formula is C14H23Ga. The van der Waals surface area contributed by atoms with Gasteiger partial charge in [0.05, 0.1) is 0 Å². The van der Waals surface area contributed by atoms with Crippen LogP contribution in [0.2, 0.25) is 0 Å². The Bertz CT molecular complexity index is 318. The Morgan fingerprint density at radius 2 is 1.07 bits per heavy atom. The molecule has 82 valence electrons. The molecule has 0 radical (unpaired) electrons. The van der Waals surface area contributed by atoms with E-state index in [-0.39, 0.29) is 10.8 Å². The standard InChI is InChI=1S/C14H21.Ga.2H/c1-13(2,3)11-8-7-9-12(10-11)14(4,5)6;;;/h8-10H,1-6H3;;;. The van der Waals surface area contributed by atoms with Gasteiger partial charge in [-0.1, -0.05) is 0 Å². The SMILES string of the molecule is CC(C)(C)c1c[c]([GaH2])cc(C(C)(C)C)c1. The summed E-state index contributed by atoms with van der Waals surface area (Å²) in [7, 11) is 0. The monoisotopic (exact) mass is 260 g/mol. The fourth-order valence-electron chi connectivity index (χ4n) is 1.65. The van der Waals surface area contributed by atoms with Gasteiger partial charge in [-0.3, -0.25) is 0 Å². The molecule has 1 rings (SSSR count). The molecule has 0 heterocycles. The van der Waals surface area contributed by atoms with Gasteiger partial charge in [0.15, 0.2) is 0 Å². The van der Waals surface area contributed by atoms with Crippen LogP contribution in [0.25, 0.3) is 0 Å². The van der Waals surface area contributed by atoms with Crippen LogP contribution in [0.5, 0.6) is 0 Å². The average Bonchev–Trinajstić information content (AvgIpc) is 1.99. The average molecular weight is 261 g/mol. The number of benzene rings is 1. The van der Waals surface area contributed by atoms with E-state index in [9.17, 15) is 0 Å². The van der Waals surface area contributed by atoms with Crippen molar-refractivity contribution >= 4 is 22.7 Å². The fourth-order valence-corrected chi connectivity index (χ4v) is 2.95. The second-order valence-electron chi connectivity index (χ2n) is 6.59. The Morgan fingerprint density at radius 1 is 0.733 bits per heavy atom. The molecular weight excluding hydrogens is 238 g/mol. The summed E-state index contributed by atoms with van der Waals surface area (Å²) in [4.78, 5) is 0. The molecule has 0 atom stereocenters. The van der Waals surface area contributed by atoms with Crippen LogP contribution >= 0.6 is 0 Å². The van der Waals surface area contributed by atoms with Gasteiger partial charge in [0.25, 0.3) is 0 Å². The predicted octanol–water partition coefficient (Wildman–Crippen LogP) is 2.54. The summed E-state index contributed by atoms with van der Waals surface area (Å²) in [5.74, 6) is 0. The van der Waals surface area contributed by atoms with Gasteiger partial charge in [0.2, 0.25) is 0 Å². The van der Waals surface area contributed by atoms with E-state index in [2.05, 4.69) is 59.7 Å². The molecule has 0 nitrogen and oxygen atoms in total. The maximum absolute atomic E-state index is 2.38. The molecule has 0 bridgehead atoms. The Balaban J connectivity index is 3.30. The topological polar surface area (TPSA) is 0 Å². The number of rotatable bonds is 0. The van der Waals surface area contributed by atoms with Crippen molar-refractivity contribution in [3.63, 3.8) is 0 Å². The van der Waals surface area contributed by atoms with Crippen molar-refractivity contribution in [1.29, 1.82) is 0 Å². The van der Waals surface area contributed by atoms with E-state index >= 15 is 0 Å². The van der Waals surface area contributed by atoms with E-state index in [4.69, 9.17) is 0 Å². The van der Waals surface area contributed by atoms with E-state index in [1.165, 1.54) is 11.1 Å². The molecule has 0 amide bonds. The molecule has 0 saturated heterocycles. The van der Waals surface area contributed by atoms with Gasteiger partial charge in [0, 0.05) is 0 Å². The Labute approximate surface area is 104 Å². The zero-order valence-corrected chi connectivity index (χ0v) is 15.4. The van der Waals surface area contributed by atoms with Crippen molar-refractivity contribution in [3.05, 3.63) is 29.3 Å². The summed E-state index contributed by atoms with van der Waals surface area (Å²) in [6.07, 6.45) is 0. The van der Waals surface area contributed by atoms with E-state index in [0.29, 0.717) is 0 Å². The van der Waals surface area contributed by atoms with Crippen molar-refractivity contribution in [2.45, 2.75) is 52.4 Å². The summed E-state index contributed by atoms with van der Waals surface area (Å²) < 4.78 is 1.56. The van der Waals surface area contributed by atoms with Crippen molar-refractivity contribution in [2.24, 2.45) is 0 Å². The third-order valence-corrected chi connectivity index (χ3v) is 4.02. The van der Waals surface area contributed by atoms with Crippen LogP contribution in [0.4, 0.5) is 0 Å². The van der Waals surface area contributed by atoms with E-state index in [1.807, 2.05) is 0 Å². The predicted molar refractivity (Wildman–Crippen MR) is 72.0 cm³/mol. The molecule has 1 heteroatoms. The first-order valence-electron chi connectivity index (χ1n) is 5.73. The third-order valence-electron chi connectivity index (χ3n) is 2.81. The summed E-state index contributed by atoms with van der Waals surface area (Å²) in [5, 5.41) is 0. The number of hydrogen-bond donors (Lipinski definition) is 0. The minimum absolute atomic E-state index is 0.272. The Hall–Kier alpha value is -0.144. The normalized spacial score (nSPS) is 12.9. The second-order valence-corrected chi connectivity index (χ2v) is 9.01. The molecule has 1 aromatic rings. The third kappa shape index (κ3) is 3.42. The van der Waals surface area contributed by atoms with Gasteiger partial charge < -0.3 is 0 Å². The van der Waals surface area contributed by atoms with Crippen LogP contribution < -0.4 is 4.12 Å². The number of hydrogen-bond acceptors (Lipinski definition) is 0. The van der Waals surface area contributed by atoms with Gasteiger partial charge in [-0.25, -0.2) is 0 Å². The van der Waals surface area contributed by atoms with Crippen LogP contribution in [0, 0.1) is 0 Å². The zero-order valence-electron chi connectivity index (χ0n) is 11.2. The quantitative estimate of drug-likeness (QED) is 0.629. The first-order chi connectivity index (χ1) is 6.60. The Morgan fingerprint density at radius 3 is 1.33 bits per heavy atom. The zero-order chi connectivity index (χ0) is 11.9. The molecule has 0 N–H and O–H groups in total. The molecule has 0 spiro atoms. The van der Waals surface area contributed by atoms with Gasteiger partial charge in [-0.15, -0.1) is 0 Å². The first-order valence-corrected chi connectivity index (χ1v) is 7.83. The summed E-state index contributed by atoms with van der Waals surface area (Å²) in [5.41, 5.74) is 3.51. The molecule has 0 aliphatic heterocycles. The maximum atomic E-state index is 2.38. The molecule has 15 heavy (non-hydrogen) atoms. The summed E-state index contributed by atoms with van der Waals surface area (Å²) in [6, 6.07) is 7.15. The van der Waals surface area contributed by atoms with E-state index < -0.39 is 0 Å².